The maximum atomic E-state index is 9.70. The smallest absolute Gasteiger partial charge is 0.137 e. The Morgan fingerprint density at radius 1 is 1.13 bits per heavy atom. The summed E-state index contributed by atoms with van der Waals surface area (Å²) in [7, 11) is 0. The van der Waals surface area contributed by atoms with Gasteiger partial charge in [0.2, 0.25) is 0 Å². The van der Waals surface area contributed by atoms with Gasteiger partial charge in [-0.05, 0) is 43.9 Å². The lowest BCUT2D eigenvalue weighted by molar-refractivity contribution is 0.0379. The van der Waals surface area contributed by atoms with Gasteiger partial charge in [-0.15, -0.1) is 0 Å². The molecule has 1 aromatic heterocycles. The molecule has 0 aliphatic heterocycles. The highest BCUT2D eigenvalue weighted by Gasteiger charge is 2.36. The maximum Gasteiger partial charge on any atom is 0.137 e. The van der Waals surface area contributed by atoms with Crippen molar-refractivity contribution in [3.63, 3.8) is 0 Å². The van der Waals surface area contributed by atoms with Gasteiger partial charge in [-0.2, -0.15) is 5.10 Å². The fourth-order valence-electron chi connectivity index (χ4n) is 3.45. The Kier molecular flexibility index (Phi) is 2.24. The van der Waals surface area contributed by atoms with Crippen LogP contribution in [0.25, 0.3) is 0 Å². The van der Waals surface area contributed by atoms with E-state index >= 15 is 0 Å². The lowest BCUT2D eigenvalue weighted by Gasteiger charge is -2.40. The van der Waals surface area contributed by atoms with Crippen molar-refractivity contribution in [2.45, 2.75) is 44.1 Å². The minimum Gasteiger partial charge on any atom is -0.393 e. The number of hydrogen-bond acceptors (Lipinski definition) is 3. The number of aromatic amines is 1. The van der Waals surface area contributed by atoms with Crippen molar-refractivity contribution in [3.05, 3.63) is 12.2 Å². The van der Waals surface area contributed by atoms with E-state index in [1.54, 1.807) is 6.33 Å². The van der Waals surface area contributed by atoms with Gasteiger partial charge in [-0.3, -0.25) is 5.10 Å². The van der Waals surface area contributed by atoms with Crippen molar-refractivity contribution in [2.75, 3.05) is 0 Å². The van der Waals surface area contributed by atoms with Crippen molar-refractivity contribution in [3.8, 4) is 0 Å². The Morgan fingerprint density at radius 2 is 1.87 bits per heavy atom. The zero-order chi connectivity index (χ0) is 10.3. The van der Waals surface area contributed by atoms with Gasteiger partial charge in [0.25, 0.3) is 0 Å². The fourth-order valence-corrected chi connectivity index (χ4v) is 3.45. The van der Waals surface area contributed by atoms with Crippen molar-refractivity contribution in [1.29, 1.82) is 0 Å². The first kappa shape index (κ1) is 9.33. The standard InChI is InChI=1S/C11H17N3O/c15-10-4-7-1-8(5-10)3-9(2-7)11-12-6-13-14-11/h6-10,15H,1-5H2,(H,12,13,14). The van der Waals surface area contributed by atoms with Gasteiger partial charge in [0, 0.05) is 5.92 Å². The predicted molar refractivity (Wildman–Crippen MR) is 55.2 cm³/mol. The number of fused-ring (bicyclic) bond motifs is 2. The van der Waals surface area contributed by atoms with E-state index in [2.05, 4.69) is 15.2 Å². The molecule has 15 heavy (non-hydrogen) atoms. The lowest BCUT2D eigenvalue weighted by atomic mass is 9.67. The van der Waals surface area contributed by atoms with Crippen molar-refractivity contribution >= 4 is 0 Å². The van der Waals surface area contributed by atoms with Gasteiger partial charge in [0.1, 0.15) is 12.2 Å². The summed E-state index contributed by atoms with van der Waals surface area (Å²) >= 11 is 0. The highest BCUT2D eigenvalue weighted by Crippen LogP contribution is 2.45. The van der Waals surface area contributed by atoms with E-state index in [1.165, 1.54) is 19.3 Å². The van der Waals surface area contributed by atoms with Gasteiger partial charge in [-0.1, -0.05) is 0 Å². The van der Waals surface area contributed by atoms with Gasteiger partial charge in [0.05, 0.1) is 6.10 Å². The van der Waals surface area contributed by atoms with E-state index in [9.17, 15) is 5.11 Å². The van der Waals surface area contributed by atoms with Crippen molar-refractivity contribution < 1.29 is 5.11 Å². The number of aromatic nitrogens is 3. The molecule has 1 heterocycles. The molecule has 2 bridgehead atoms. The lowest BCUT2D eigenvalue weighted by Crippen LogP contribution is -2.33. The SMILES string of the molecule is OC1CC2CC(C1)CC(c1ncn[nH]1)C2. The monoisotopic (exact) mass is 207 g/mol. The molecule has 3 rings (SSSR count). The van der Waals surface area contributed by atoms with E-state index in [0.717, 1.165) is 18.7 Å². The molecule has 0 amide bonds. The molecule has 2 unspecified atom stereocenters. The molecule has 2 atom stereocenters. The van der Waals surface area contributed by atoms with Crippen molar-refractivity contribution in [2.24, 2.45) is 11.8 Å². The summed E-state index contributed by atoms with van der Waals surface area (Å²) in [5.41, 5.74) is 0. The Hall–Kier alpha value is -0.900. The van der Waals surface area contributed by atoms with Crippen molar-refractivity contribution in [1.82, 2.24) is 15.2 Å². The molecular formula is C11H17N3O. The quantitative estimate of drug-likeness (QED) is 0.732. The Balaban J connectivity index is 1.75. The van der Waals surface area contributed by atoms with Crippen LogP contribution in [-0.2, 0) is 0 Å². The molecule has 2 aliphatic carbocycles. The molecule has 2 aliphatic rings. The highest BCUT2D eigenvalue weighted by atomic mass is 16.3. The third-order valence-electron chi connectivity index (χ3n) is 3.93. The molecule has 2 N–H and O–H groups in total. The van der Waals surface area contributed by atoms with Gasteiger partial charge in [-0.25, -0.2) is 4.98 Å². The first-order valence-electron chi connectivity index (χ1n) is 5.84. The second-order valence-corrected chi connectivity index (χ2v) is 5.13. The van der Waals surface area contributed by atoms with Crippen LogP contribution in [0.2, 0.25) is 0 Å². The summed E-state index contributed by atoms with van der Waals surface area (Å²) in [6.07, 6.45) is 7.16. The Bertz CT molecular complexity index is 307. The highest BCUT2D eigenvalue weighted by molar-refractivity contribution is 5.00. The topological polar surface area (TPSA) is 61.8 Å². The third-order valence-corrected chi connectivity index (χ3v) is 3.93. The molecule has 4 heteroatoms. The van der Waals surface area contributed by atoms with Crippen LogP contribution in [0.3, 0.4) is 0 Å². The molecule has 82 valence electrons. The van der Waals surface area contributed by atoms with Crippen LogP contribution in [0.1, 0.15) is 43.8 Å². The largest absolute Gasteiger partial charge is 0.393 e. The minimum atomic E-state index is -0.0515. The van der Waals surface area contributed by atoms with E-state index in [0.29, 0.717) is 17.8 Å². The summed E-state index contributed by atoms with van der Waals surface area (Å²) < 4.78 is 0. The first-order valence-corrected chi connectivity index (χ1v) is 5.84. The number of aliphatic hydroxyl groups excluding tert-OH is 1. The summed E-state index contributed by atoms with van der Waals surface area (Å²) in [6, 6.07) is 0. The van der Waals surface area contributed by atoms with Crippen LogP contribution in [0.15, 0.2) is 6.33 Å². The molecule has 0 radical (unpaired) electrons. The molecule has 0 spiro atoms. The molecule has 4 nitrogen and oxygen atoms in total. The van der Waals surface area contributed by atoms with Gasteiger partial charge in [0.15, 0.2) is 0 Å². The molecular weight excluding hydrogens is 190 g/mol. The van der Waals surface area contributed by atoms with E-state index < -0.39 is 0 Å². The summed E-state index contributed by atoms with van der Waals surface area (Å²) in [5, 5.41) is 16.6. The number of nitrogens with one attached hydrogen (secondary N) is 1. The van der Waals surface area contributed by atoms with Gasteiger partial charge >= 0.3 is 0 Å². The average Bonchev–Trinajstić information content (AvgIpc) is 2.67. The zero-order valence-corrected chi connectivity index (χ0v) is 8.76. The second kappa shape index (κ2) is 3.59. The van der Waals surface area contributed by atoms with Crippen LogP contribution in [-0.4, -0.2) is 26.4 Å². The molecule has 2 fully saturated rings. The summed E-state index contributed by atoms with van der Waals surface area (Å²) in [4.78, 5) is 4.26. The van der Waals surface area contributed by atoms with Crippen LogP contribution in [0.4, 0.5) is 0 Å². The molecule has 0 saturated heterocycles. The maximum absolute atomic E-state index is 9.70. The fraction of sp³-hybridized carbons (Fsp3) is 0.818. The zero-order valence-electron chi connectivity index (χ0n) is 8.76. The number of rotatable bonds is 1. The molecule has 0 aromatic carbocycles. The first-order chi connectivity index (χ1) is 7.31. The molecule has 2 saturated carbocycles. The minimum absolute atomic E-state index is 0.0515. The number of aliphatic hydroxyl groups is 1. The van der Waals surface area contributed by atoms with Crippen LogP contribution in [0.5, 0.6) is 0 Å². The second-order valence-electron chi connectivity index (χ2n) is 5.13. The van der Waals surface area contributed by atoms with Crippen LogP contribution in [0, 0.1) is 11.8 Å². The third kappa shape index (κ3) is 1.78. The van der Waals surface area contributed by atoms with Crippen LogP contribution >= 0.6 is 0 Å². The van der Waals surface area contributed by atoms with Crippen LogP contribution < -0.4 is 0 Å². The normalized spacial score (nSPS) is 40.3. The van der Waals surface area contributed by atoms with Gasteiger partial charge < -0.3 is 5.11 Å². The average molecular weight is 207 g/mol. The van der Waals surface area contributed by atoms with E-state index in [4.69, 9.17) is 0 Å². The van der Waals surface area contributed by atoms with E-state index in [1.807, 2.05) is 0 Å². The Labute approximate surface area is 89.1 Å². The number of nitrogens with zero attached hydrogens (tertiary/aromatic N) is 2. The predicted octanol–water partition coefficient (Wildman–Crippen LogP) is 1.46. The Morgan fingerprint density at radius 3 is 2.47 bits per heavy atom. The summed E-state index contributed by atoms with van der Waals surface area (Å²) in [6.45, 7) is 0. The summed E-state index contributed by atoms with van der Waals surface area (Å²) in [5.74, 6) is 2.98. The van der Waals surface area contributed by atoms with E-state index in [-0.39, 0.29) is 6.10 Å². The number of hydrogen-bond donors (Lipinski definition) is 2. The molecule has 1 aromatic rings. The number of H-pyrrole nitrogens is 1.